The highest BCUT2D eigenvalue weighted by Gasteiger charge is 2.23. The van der Waals surface area contributed by atoms with E-state index < -0.39 is 0 Å². The van der Waals surface area contributed by atoms with E-state index in [1.165, 1.54) is 0 Å². The minimum Gasteiger partial charge on any atom is -0.349 e. The number of rotatable bonds is 5. The Balaban J connectivity index is 1.87. The van der Waals surface area contributed by atoms with Gasteiger partial charge in [-0.25, -0.2) is 4.79 Å². The first-order chi connectivity index (χ1) is 9.19. The molecule has 5 nitrogen and oxygen atoms in total. The maximum Gasteiger partial charge on any atom is 0.319 e. The molecule has 0 aromatic heterocycles. The first-order valence-electron chi connectivity index (χ1n) is 6.25. The van der Waals surface area contributed by atoms with Gasteiger partial charge >= 0.3 is 6.03 Å². The number of nitrogens with one attached hydrogen (secondary N) is 3. The topological polar surface area (TPSA) is 70.2 Å². The normalized spacial score (nSPS) is 13.5. The van der Waals surface area contributed by atoms with E-state index in [1.807, 2.05) is 0 Å². The summed E-state index contributed by atoms with van der Waals surface area (Å²) in [5, 5.41) is 8.24. The van der Waals surface area contributed by atoms with E-state index in [0.717, 1.165) is 12.8 Å². The molecule has 1 aliphatic carbocycles. The van der Waals surface area contributed by atoms with Crippen molar-refractivity contribution in [1.29, 1.82) is 0 Å². The van der Waals surface area contributed by atoms with Gasteiger partial charge in [0.15, 0.2) is 0 Å². The maximum absolute atomic E-state index is 11.6. The van der Waals surface area contributed by atoms with E-state index in [4.69, 9.17) is 0 Å². The average molecular weight is 259 g/mol. The Labute approximate surface area is 112 Å². The summed E-state index contributed by atoms with van der Waals surface area (Å²) in [5.41, 5.74) is 1.22. The van der Waals surface area contributed by atoms with Crippen LogP contribution in [0.1, 0.15) is 23.2 Å². The number of amides is 3. The summed E-state index contributed by atoms with van der Waals surface area (Å²) in [7, 11) is 0. The summed E-state index contributed by atoms with van der Waals surface area (Å²) in [6.45, 7) is 3.97. The molecular weight excluding hydrogens is 242 g/mol. The molecule has 0 unspecified atom stereocenters. The fourth-order valence-electron chi connectivity index (χ4n) is 1.55. The Morgan fingerprint density at radius 2 is 1.95 bits per heavy atom. The largest absolute Gasteiger partial charge is 0.349 e. The third-order valence-electron chi connectivity index (χ3n) is 2.72. The quantitative estimate of drug-likeness (QED) is 0.707. The van der Waals surface area contributed by atoms with E-state index in [0.29, 0.717) is 23.8 Å². The molecule has 0 saturated heterocycles. The monoisotopic (exact) mass is 259 g/mol. The number of hydrogen-bond acceptors (Lipinski definition) is 2. The predicted molar refractivity (Wildman–Crippen MR) is 74.1 cm³/mol. The van der Waals surface area contributed by atoms with Crippen molar-refractivity contribution in [3.8, 4) is 0 Å². The fourth-order valence-corrected chi connectivity index (χ4v) is 1.55. The van der Waals surface area contributed by atoms with Crippen LogP contribution in [0, 0.1) is 0 Å². The lowest BCUT2D eigenvalue weighted by Crippen LogP contribution is -2.30. The lowest BCUT2D eigenvalue weighted by molar-refractivity contribution is 0.0958. The fraction of sp³-hybridized carbons (Fsp3) is 0.286. The minimum absolute atomic E-state index is 0.158. The molecule has 0 atom stereocenters. The van der Waals surface area contributed by atoms with Crippen LogP contribution >= 0.6 is 0 Å². The molecule has 2 rings (SSSR count). The second kappa shape index (κ2) is 6.04. The van der Waals surface area contributed by atoms with Gasteiger partial charge in [0, 0.05) is 23.8 Å². The van der Waals surface area contributed by atoms with Crippen molar-refractivity contribution in [2.75, 3.05) is 11.9 Å². The number of benzene rings is 1. The highest BCUT2D eigenvalue weighted by Crippen LogP contribution is 2.18. The van der Waals surface area contributed by atoms with Crippen LogP contribution in [0.25, 0.3) is 0 Å². The number of urea groups is 1. The second-order valence-corrected chi connectivity index (χ2v) is 4.45. The summed E-state index contributed by atoms with van der Waals surface area (Å²) in [5.74, 6) is -0.158. The molecule has 0 bridgehead atoms. The van der Waals surface area contributed by atoms with Crippen molar-refractivity contribution >= 4 is 17.6 Å². The molecule has 3 amide bonds. The Morgan fingerprint density at radius 3 is 2.53 bits per heavy atom. The molecular formula is C14H17N3O2. The van der Waals surface area contributed by atoms with Crippen molar-refractivity contribution in [3.05, 3.63) is 42.5 Å². The standard InChI is InChI=1S/C14H17N3O2/c1-2-9-15-13(18)10-3-5-11(6-4-10)16-14(19)17-12-7-8-12/h2-6,12H,1,7-9H2,(H,15,18)(H2,16,17,19). The molecule has 100 valence electrons. The van der Waals surface area contributed by atoms with E-state index in [9.17, 15) is 9.59 Å². The Bertz CT molecular complexity index is 478. The highest BCUT2D eigenvalue weighted by atomic mass is 16.2. The van der Waals surface area contributed by atoms with Gasteiger partial charge in [0.2, 0.25) is 0 Å². The Hall–Kier alpha value is -2.30. The molecule has 3 N–H and O–H groups in total. The van der Waals surface area contributed by atoms with Gasteiger partial charge in [0.1, 0.15) is 0 Å². The smallest absolute Gasteiger partial charge is 0.319 e. The van der Waals surface area contributed by atoms with Gasteiger partial charge in [-0.2, -0.15) is 0 Å². The highest BCUT2D eigenvalue weighted by molar-refractivity contribution is 5.95. The lowest BCUT2D eigenvalue weighted by Gasteiger charge is -2.07. The van der Waals surface area contributed by atoms with E-state index in [1.54, 1.807) is 30.3 Å². The molecule has 0 heterocycles. The Morgan fingerprint density at radius 1 is 1.26 bits per heavy atom. The van der Waals surface area contributed by atoms with Gasteiger partial charge in [0.05, 0.1) is 0 Å². The number of anilines is 1. The number of carbonyl (C=O) groups excluding carboxylic acids is 2. The van der Waals surface area contributed by atoms with Crippen molar-refractivity contribution in [2.45, 2.75) is 18.9 Å². The van der Waals surface area contributed by atoms with Crippen LogP contribution in [0.4, 0.5) is 10.5 Å². The van der Waals surface area contributed by atoms with Crippen molar-refractivity contribution < 1.29 is 9.59 Å². The first kappa shape index (κ1) is 13.1. The van der Waals surface area contributed by atoms with Gasteiger partial charge in [-0.1, -0.05) is 6.08 Å². The van der Waals surface area contributed by atoms with Gasteiger partial charge in [0.25, 0.3) is 5.91 Å². The third-order valence-corrected chi connectivity index (χ3v) is 2.72. The van der Waals surface area contributed by atoms with Crippen molar-refractivity contribution in [1.82, 2.24) is 10.6 Å². The van der Waals surface area contributed by atoms with Crippen LogP contribution in [-0.4, -0.2) is 24.5 Å². The molecule has 0 radical (unpaired) electrons. The second-order valence-electron chi connectivity index (χ2n) is 4.45. The number of hydrogen-bond donors (Lipinski definition) is 3. The zero-order valence-corrected chi connectivity index (χ0v) is 10.6. The first-order valence-corrected chi connectivity index (χ1v) is 6.25. The van der Waals surface area contributed by atoms with Gasteiger partial charge < -0.3 is 16.0 Å². The lowest BCUT2D eigenvalue weighted by atomic mass is 10.2. The van der Waals surface area contributed by atoms with Crippen molar-refractivity contribution in [2.24, 2.45) is 0 Å². The van der Waals surface area contributed by atoms with E-state index in [-0.39, 0.29) is 11.9 Å². The maximum atomic E-state index is 11.6. The molecule has 1 aliphatic rings. The van der Waals surface area contributed by atoms with Gasteiger partial charge in [-0.3, -0.25) is 4.79 Å². The molecule has 0 spiro atoms. The molecule has 1 fully saturated rings. The van der Waals surface area contributed by atoms with Crippen LogP contribution in [-0.2, 0) is 0 Å². The summed E-state index contributed by atoms with van der Waals surface area (Å²) in [6, 6.07) is 6.87. The SMILES string of the molecule is C=CCNC(=O)c1ccc(NC(=O)NC2CC2)cc1. The average Bonchev–Trinajstić information content (AvgIpc) is 3.20. The van der Waals surface area contributed by atoms with Gasteiger partial charge in [-0.05, 0) is 37.1 Å². The van der Waals surface area contributed by atoms with Crippen LogP contribution < -0.4 is 16.0 Å². The molecule has 0 aliphatic heterocycles. The summed E-state index contributed by atoms with van der Waals surface area (Å²) >= 11 is 0. The van der Waals surface area contributed by atoms with Crippen LogP contribution in [0.2, 0.25) is 0 Å². The third kappa shape index (κ3) is 4.13. The van der Waals surface area contributed by atoms with Crippen molar-refractivity contribution in [3.63, 3.8) is 0 Å². The molecule has 1 aromatic carbocycles. The minimum atomic E-state index is -0.202. The molecule has 1 saturated carbocycles. The van der Waals surface area contributed by atoms with Crippen LogP contribution in [0.15, 0.2) is 36.9 Å². The van der Waals surface area contributed by atoms with E-state index >= 15 is 0 Å². The molecule has 19 heavy (non-hydrogen) atoms. The molecule has 5 heteroatoms. The summed E-state index contributed by atoms with van der Waals surface area (Å²) in [4.78, 5) is 23.1. The van der Waals surface area contributed by atoms with Crippen LogP contribution in [0.3, 0.4) is 0 Å². The number of carbonyl (C=O) groups is 2. The predicted octanol–water partition coefficient (Wildman–Crippen LogP) is 1.89. The zero-order chi connectivity index (χ0) is 13.7. The zero-order valence-electron chi connectivity index (χ0n) is 10.6. The van der Waals surface area contributed by atoms with Gasteiger partial charge in [-0.15, -0.1) is 6.58 Å². The molecule has 1 aromatic rings. The summed E-state index contributed by atoms with van der Waals surface area (Å²) in [6.07, 6.45) is 3.72. The van der Waals surface area contributed by atoms with Crippen LogP contribution in [0.5, 0.6) is 0 Å². The van der Waals surface area contributed by atoms with E-state index in [2.05, 4.69) is 22.5 Å². The summed E-state index contributed by atoms with van der Waals surface area (Å²) < 4.78 is 0. The Kier molecular flexibility index (Phi) is 4.18.